The van der Waals surface area contributed by atoms with Gasteiger partial charge < -0.3 is 10.3 Å². The number of hydrogen-bond acceptors (Lipinski definition) is 3. The molecule has 0 bridgehead atoms. The molecule has 0 saturated carbocycles. The van der Waals surface area contributed by atoms with Gasteiger partial charge in [-0.3, -0.25) is 0 Å². The number of nitrogens with zero attached hydrogens (tertiary/aromatic N) is 3. The molecular formula is C7H9ClN4. The van der Waals surface area contributed by atoms with Crippen molar-refractivity contribution in [2.75, 3.05) is 6.54 Å². The van der Waals surface area contributed by atoms with Crippen molar-refractivity contribution < 1.29 is 0 Å². The first-order valence-electron chi connectivity index (χ1n) is 3.56. The van der Waals surface area contributed by atoms with E-state index in [0.29, 0.717) is 24.8 Å². The Labute approximate surface area is 75.6 Å². The highest BCUT2D eigenvalue weighted by atomic mass is 35.5. The average molecular weight is 185 g/mol. The Morgan fingerprint density at radius 3 is 3.08 bits per heavy atom. The zero-order valence-corrected chi connectivity index (χ0v) is 7.25. The number of aromatic nitrogens is 2. The van der Waals surface area contributed by atoms with Gasteiger partial charge in [-0.25, -0.2) is 4.98 Å². The van der Waals surface area contributed by atoms with E-state index >= 15 is 0 Å². The normalized spacial score (nSPS) is 9.75. The Bertz CT molecular complexity index is 299. The van der Waals surface area contributed by atoms with Crippen LogP contribution < -0.4 is 5.73 Å². The Morgan fingerprint density at radius 1 is 1.75 bits per heavy atom. The van der Waals surface area contributed by atoms with Crippen LogP contribution in [0.1, 0.15) is 5.69 Å². The van der Waals surface area contributed by atoms with Crippen LogP contribution in [0, 0.1) is 11.3 Å². The minimum absolute atomic E-state index is 0.319. The number of halogens is 1. The Kier molecular flexibility index (Phi) is 3.09. The molecule has 0 fully saturated rings. The van der Waals surface area contributed by atoms with Crippen LogP contribution in [0.5, 0.6) is 0 Å². The van der Waals surface area contributed by atoms with Gasteiger partial charge in [-0.15, -0.1) is 0 Å². The van der Waals surface area contributed by atoms with Crippen molar-refractivity contribution in [2.45, 2.75) is 13.0 Å². The van der Waals surface area contributed by atoms with Gasteiger partial charge in [0.25, 0.3) is 0 Å². The van der Waals surface area contributed by atoms with E-state index < -0.39 is 0 Å². The van der Waals surface area contributed by atoms with E-state index in [-0.39, 0.29) is 0 Å². The maximum Gasteiger partial charge on any atom is 0.202 e. The molecule has 1 aromatic rings. The second kappa shape index (κ2) is 4.10. The van der Waals surface area contributed by atoms with Gasteiger partial charge in [-0.05, 0) is 11.6 Å². The smallest absolute Gasteiger partial charge is 0.202 e. The number of nitrogens with two attached hydrogens (primary N) is 1. The summed E-state index contributed by atoms with van der Waals surface area (Å²) < 4.78 is 1.74. The first-order chi connectivity index (χ1) is 5.79. The topological polar surface area (TPSA) is 67.6 Å². The predicted molar refractivity (Wildman–Crippen MR) is 45.6 cm³/mol. The summed E-state index contributed by atoms with van der Waals surface area (Å²) in [4.78, 5) is 3.88. The highest BCUT2D eigenvalue weighted by Crippen LogP contribution is 2.10. The third-order valence-electron chi connectivity index (χ3n) is 1.50. The van der Waals surface area contributed by atoms with Gasteiger partial charge >= 0.3 is 0 Å². The van der Waals surface area contributed by atoms with Gasteiger partial charge in [-0.2, -0.15) is 5.26 Å². The number of hydrogen-bond donors (Lipinski definition) is 1. The highest BCUT2D eigenvalue weighted by molar-refractivity contribution is 6.28. The summed E-state index contributed by atoms with van der Waals surface area (Å²) in [6, 6.07) is 2.04. The zero-order chi connectivity index (χ0) is 8.97. The van der Waals surface area contributed by atoms with Gasteiger partial charge in [-0.1, -0.05) is 0 Å². The van der Waals surface area contributed by atoms with E-state index in [9.17, 15) is 0 Å². The lowest BCUT2D eigenvalue weighted by Gasteiger charge is -2.03. The fraction of sp³-hybridized carbons (Fsp3) is 0.429. The first kappa shape index (κ1) is 9.04. The van der Waals surface area contributed by atoms with Crippen LogP contribution in [0.2, 0.25) is 5.28 Å². The van der Waals surface area contributed by atoms with Gasteiger partial charge in [0.15, 0.2) is 0 Å². The fourth-order valence-corrected chi connectivity index (χ4v) is 1.21. The molecule has 1 rings (SSSR count). The maximum atomic E-state index is 8.46. The largest absolute Gasteiger partial charge is 0.329 e. The Balaban J connectivity index is 2.89. The molecule has 0 aromatic carbocycles. The molecule has 1 aromatic heterocycles. The molecule has 12 heavy (non-hydrogen) atoms. The molecule has 4 nitrogen and oxygen atoms in total. The van der Waals surface area contributed by atoms with Crippen LogP contribution in [-0.4, -0.2) is 16.1 Å². The van der Waals surface area contributed by atoms with Crippen LogP contribution in [0.4, 0.5) is 0 Å². The molecule has 2 N–H and O–H groups in total. The molecule has 0 spiro atoms. The SMILES string of the molecule is N#CCc1cnc(Cl)n1CCN. The summed E-state index contributed by atoms with van der Waals surface area (Å²) in [6.45, 7) is 1.10. The quantitative estimate of drug-likeness (QED) is 0.747. The molecule has 0 atom stereocenters. The third kappa shape index (κ3) is 1.76. The van der Waals surface area contributed by atoms with E-state index in [4.69, 9.17) is 22.6 Å². The number of imidazole rings is 1. The van der Waals surface area contributed by atoms with E-state index in [2.05, 4.69) is 4.98 Å². The molecule has 0 aliphatic carbocycles. The molecule has 64 valence electrons. The van der Waals surface area contributed by atoms with E-state index in [1.165, 1.54) is 0 Å². The highest BCUT2D eigenvalue weighted by Gasteiger charge is 2.05. The minimum atomic E-state index is 0.319. The van der Waals surface area contributed by atoms with Crippen LogP contribution >= 0.6 is 11.6 Å². The van der Waals surface area contributed by atoms with Crippen molar-refractivity contribution in [3.8, 4) is 6.07 Å². The van der Waals surface area contributed by atoms with Crippen molar-refractivity contribution >= 4 is 11.6 Å². The Morgan fingerprint density at radius 2 is 2.50 bits per heavy atom. The van der Waals surface area contributed by atoms with Crippen molar-refractivity contribution in [3.05, 3.63) is 17.2 Å². The van der Waals surface area contributed by atoms with Crippen molar-refractivity contribution in [1.29, 1.82) is 5.26 Å². The van der Waals surface area contributed by atoms with Crippen molar-refractivity contribution in [1.82, 2.24) is 9.55 Å². The van der Waals surface area contributed by atoms with Crippen molar-refractivity contribution in [2.24, 2.45) is 5.73 Å². The molecule has 1 heterocycles. The summed E-state index contributed by atoms with van der Waals surface area (Å²) >= 11 is 5.75. The van der Waals surface area contributed by atoms with Gasteiger partial charge in [0.2, 0.25) is 5.28 Å². The van der Waals surface area contributed by atoms with Crippen LogP contribution in [0.25, 0.3) is 0 Å². The van der Waals surface area contributed by atoms with Gasteiger partial charge in [0.05, 0.1) is 24.4 Å². The molecule has 0 aliphatic heterocycles. The van der Waals surface area contributed by atoms with Crippen molar-refractivity contribution in [3.63, 3.8) is 0 Å². The predicted octanol–water partition coefficient (Wildman–Crippen LogP) is 0.561. The van der Waals surface area contributed by atoms with E-state index in [0.717, 1.165) is 5.69 Å². The van der Waals surface area contributed by atoms with Crippen LogP contribution in [0.15, 0.2) is 6.20 Å². The summed E-state index contributed by atoms with van der Waals surface area (Å²) in [6.07, 6.45) is 1.92. The third-order valence-corrected chi connectivity index (χ3v) is 1.80. The van der Waals surface area contributed by atoms with Crippen LogP contribution in [-0.2, 0) is 13.0 Å². The van der Waals surface area contributed by atoms with Gasteiger partial charge in [0, 0.05) is 13.1 Å². The second-order valence-electron chi connectivity index (χ2n) is 2.29. The Hall–Kier alpha value is -1.05. The zero-order valence-electron chi connectivity index (χ0n) is 6.50. The minimum Gasteiger partial charge on any atom is -0.329 e. The number of rotatable bonds is 3. The molecule has 0 radical (unpaired) electrons. The lowest BCUT2D eigenvalue weighted by atomic mass is 10.3. The van der Waals surface area contributed by atoms with Gasteiger partial charge in [0.1, 0.15) is 0 Å². The maximum absolute atomic E-state index is 8.46. The average Bonchev–Trinajstić information content (AvgIpc) is 2.37. The monoisotopic (exact) mass is 184 g/mol. The standard InChI is InChI=1S/C7H9ClN4/c8-7-11-5-6(1-2-9)12(7)4-3-10/h5H,1,3-4,10H2. The summed E-state index contributed by atoms with van der Waals surface area (Å²) in [5, 5.41) is 8.85. The summed E-state index contributed by atoms with van der Waals surface area (Å²) in [5.74, 6) is 0. The lowest BCUT2D eigenvalue weighted by Crippen LogP contribution is -2.12. The lowest BCUT2D eigenvalue weighted by molar-refractivity contribution is 0.683. The summed E-state index contributed by atoms with van der Waals surface area (Å²) in [5.41, 5.74) is 6.18. The fourth-order valence-electron chi connectivity index (χ4n) is 0.973. The molecular weight excluding hydrogens is 176 g/mol. The van der Waals surface area contributed by atoms with E-state index in [1.54, 1.807) is 10.8 Å². The first-order valence-corrected chi connectivity index (χ1v) is 3.94. The summed E-state index contributed by atoms with van der Waals surface area (Å²) in [7, 11) is 0. The van der Waals surface area contributed by atoms with E-state index in [1.807, 2.05) is 6.07 Å². The molecule has 0 amide bonds. The van der Waals surface area contributed by atoms with Crippen LogP contribution in [0.3, 0.4) is 0 Å². The molecule has 0 aliphatic rings. The molecule has 5 heteroatoms. The second-order valence-corrected chi connectivity index (χ2v) is 2.63. The molecule has 0 saturated heterocycles. The molecule has 0 unspecified atom stereocenters. The number of nitriles is 1.